The lowest BCUT2D eigenvalue weighted by Gasteiger charge is -2.36. The second-order valence-electron chi connectivity index (χ2n) is 8.03. The first-order valence-electron chi connectivity index (χ1n) is 10.8. The Kier molecular flexibility index (Phi) is 8.57. The number of rotatable bonds is 8. The fourth-order valence-corrected chi connectivity index (χ4v) is 4.98. The predicted octanol–water partition coefficient (Wildman–Crippen LogP) is 0.229. The van der Waals surface area contributed by atoms with Crippen molar-refractivity contribution in [3.8, 4) is 0 Å². The van der Waals surface area contributed by atoms with E-state index in [9.17, 15) is 22.4 Å². The van der Waals surface area contributed by atoms with Gasteiger partial charge >= 0.3 is 0 Å². The summed E-state index contributed by atoms with van der Waals surface area (Å²) in [5.74, 6) is -0.468. The molecule has 0 radical (unpaired) electrons. The zero-order valence-corrected chi connectivity index (χ0v) is 19.2. The lowest BCUT2D eigenvalue weighted by atomic mass is 10.2. The number of carbonyl (C=O) groups excluding carboxylic acids is 2. The summed E-state index contributed by atoms with van der Waals surface area (Å²) < 4.78 is 44.6. The zero-order chi connectivity index (χ0) is 23.1. The van der Waals surface area contributed by atoms with E-state index in [0.29, 0.717) is 52.4 Å². The molecule has 2 aliphatic rings. The van der Waals surface area contributed by atoms with Crippen molar-refractivity contribution in [2.24, 2.45) is 0 Å². The van der Waals surface area contributed by atoms with E-state index in [4.69, 9.17) is 4.74 Å². The number of amides is 2. The Morgan fingerprint density at radius 2 is 1.53 bits per heavy atom. The van der Waals surface area contributed by atoms with Gasteiger partial charge in [0.05, 0.1) is 24.7 Å². The third-order valence-corrected chi connectivity index (χ3v) is 7.70. The quantitative estimate of drug-likeness (QED) is 0.540. The van der Waals surface area contributed by atoms with Crippen LogP contribution in [0.2, 0.25) is 0 Å². The van der Waals surface area contributed by atoms with Crippen LogP contribution in [0.4, 0.5) is 4.39 Å². The average Bonchev–Trinajstić information content (AvgIpc) is 2.80. The topological polar surface area (TPSA) is 90.5 Å². The van der Waals surface area contributed by atoms with Crippen molar-refractivity contribution in [3.05, 3.63) is 30.1 Å². The van der Waals surface area contributed by atoms with Crippen LogP contribution in [0.5, 0.6) is 0 Å². The van der Waals surface area contributed by atoms with Gasteiger partial charge < -0.3 is 14.5 Å². The molecule has 0 aromatic heterocycles. The van der Waals surface area contributed by atoms with Crippen LogP contribution in [0.15, 0.2) is 29.2 Å². The summed E-state index contributed by atoms with van der Waals surface area (Å²) in [7, 11) is -2.28. The van der Waals surface area contributed by atoms with Gasteiger partial charge in [-0.1, -0.05) is 0 Å². The van der Waals surface area contributed by atoms with E-state index < -0.39 is 15.8 Å². The summed E-state index contributed by atoms with van der Waals surface area (Å²) in [6.45, 7) is 5.36. The number of hydrogen-bond donors (Lipinski definition) is 0. The van der Waals surface area contributed by atoms with Gasteiger partial charge in [-0.15, -0.1) is 0 Å². The molecule has 2 fully saturated rings. The summed E-state index contributed by atoms with van der Waals surface area (Å²) in [6, 6.07) is 4.67. The molecule has 0 spiro atoms. The van der Waals surface area contributed by atoms with Gasteiger partial charge in [-0.2, -0.15) is 0 Å². The van der Waals surface area contributed by atoms with E-state index in [-0.39, 0.29) is 29.7 Å². The van der Waals surface area contributed by atoms with Crippen LogP contribution in [-0.4, -0.2) is 112 Å². The van der Waals surface area contributed by atoms with Gasteiger partial charge in [-0.25, -0.2) is 17.1 Å². The number of sulfonamides is 1. The van der Waals surface area contributed by atoms with Gasteiger partial charge in [0, 0.05) is 59.3 Å². The van der Waals surface area contributed by atoms with Crippen molar-refractivity contribution in [3.63, 3.8) is 0 Å². The molecule has 11 heteroatoms. The van der Waals surface area contributed by atoms with Gasteiger partial charge in [-0.3, -0.25) is 14.5 Å². The molecule has 0 unspecified atom stereocenters. The second-order valence-corrected chi connectivity index (χ2v) is 10.1. The van der Waals surface area contributed by atoms with Crippen molar-refractivity contribution >= 4 is 21.8 Å². The molecule has 9 nitrogen and oxygen atoms in total. The van der Waals surface area contributed by atoms with Crippen LogP contribution in [-0.2, 0) is 24.3 Å². The first-order chi connectivity index (χ1) is 15.3. The third kappa shape index (κ3) is 6.47. The minimum absolute atomic E-state index is 0.0191. The number of carbonyl (C=O) groups is 2. The van der Waals surface area contributed by atoms with E-state index in [1.54, 1.807) is 9.80 Å². The summed E-state index contributed by atoms with van der Waals surface area (Å²) in [5.41, 5.74) is 0. The van der Waals surface area contributed by atoms with Gasteiger partial charge in [0.1, 0.15) is 5.82 Å². The van der Waals surface area contributed by atoms with Gasteiger partial charge in [0.15, 0.2) is 0 Å². The molecule has 0 saturated carbocycles. The summed E-state index contributed by atoms with van der Waals surface area (Å²) in [6.07, 6.45) is 0.608. The molecule has 2 amide bonds. The van der Waals surface area contributed by atoms with Crippen molar-refractivity contribution in [2.45, 2.75) is 17.7 Å². The molecule has 2 heterocycles. The molecule has 2 aliphatic heterocycles. The van der Waals surface area contributed by atoms with E-state index in [1.807, 2.05) is 0 Å². The van der Waals surface area contributed by atoms with E-state index in [1.165, 1.54) is 23.5 Å². The lowest BCUT2D eigenvalue weighted by molar-refractivity contribution is -0.140. The SMILES string of the molecule is CN(CCCC(=O)N1CCN(C(=O)CN2CCOCC2)CC1)S(=O)(=O)c1ccc(F)cc1. The van der Waals surface area contributed by atoms with Gasteiger partial charge in [0.2, 0.25) is 21.8 Å². The minimum Gasteiger partial charge on any atom is -0.379 e. The van der Waals surface area contributed by atoms with Crippen LogP contribution in [0.1, 0.15) is 12.8 Å². The van der Waals surface area contributed by atoms with Crippen LogP contribution in [0.25, 0.3) is 0 Å². The Morgan fingerprint density at radius 3 is 2.12 bits per heavy atom. The summed E-state index contributed by atoms with van der Waals surface area (Å²) in [4.78, 5) is 30.6. The van der Waals surface area contributed by atoms with E-state index in [2.05, 4.69) is 4.90 Å². The molecule has 178 valence electrons. The highest BCUT2D eigenvalue weighted by atomic mass is 32.2. The summed E-state index contributed by atoms with van der Waals surface area (Å²) >= 11 is 0. The molecular weight excluding hydrogens is 439 g/mol. The summed E-state index contributed by atoms with van der Waals surface area (Å²) in [5, 5.41) is 0. The Labute approximate surface area is 188 Å². The first kappa shape index (κ1) is 24.6. The number of morpholine rings is 1. The zero-order valence-electron chi connectivity index (χ0n) is 18.4. The standard InChI is InChI=1S/C21H31FN4O5S/c1-23(32(29,30)19-6-4-18(22)5-7-19)8-2-3-20(27)25-9-11-26(12-10-25)21(28)17-24-13-15-31-16-14-24/h4-7H,2-3,8-17H2,1H3. The molecule has 2 saturated heterocycles. The molecule has 1 aromatic carbocycles. The minimum atomic E-state index is -3.72. The largest absolute Gasteiger partial charge is 0.379 e. The second kappa shape index (κ2) is 11.2. The Balaban J connectivity index is 1.38. The molecule has 0 aliphatic carbocycles. The molecule has 1 aromatic rings. The molecule has 0 atom stereocenters. The van der Waals surface area contributed by atoms with Crippen molar-refractivity contribution in [1.29, 1.82) is 0 Å². The maximum atomic E-state index is 13.0. The number of halogens is 1. The number of piperazine rings is 1. The van der Waals surface area contributed by atoms with Crippen molar-refractivity contribution in [2.75, 3.05) is 72.6 Å². The predicted molar refractivity (Wildman–Crippen MR) is 116 cm³/mol. The molecule has 0 N–H and O–H groups in total. The van der Waals surface area contributed by atoms with Crippen molar-refractivity contribution in [1.82, 2.24) is 19.0 Å². The molecular formula is C21H31FN4O5S. The number of nitrogens with zero attached hydrogens (tertiary/aromatic N) is 4. The Hall–Kier alpha value is -2.08. The average molecular weight is 471 g/mol. The maximum absolute atomic E-state index is 13.0. The highest BCUT2D eigenvalue weighted by Crippen LogP contribution is 2.16. The Bertz CT molecular complexity index is 882. The first-order valence-corrected chi connectivity index (χ1v) is 12.3. The van der Waals surface area contributed by atoms with Gasteiger partial charge in [-0.05, 0) is 30.7 Å². The fraction of sp³-hybridized carbons (Fsp3) is 0.619. The van der Waals surface area contributed by atoms with Crippen LogP contribution < -0.4 is 0 Å². The molecule has 0 bridgehead atoms. The number of benzene rings is 1. The Morgan fingerprint density at radius 1 is 0.969 bits per heavy atom. The van der Waals surface area contributed by atoms with E-state index >= 15 is 0 Å². The number of ether oxygens (including phenoxy) is 1. The van der Waals surface area contributed by atoms with Crippen LogP contribution >= 0.6 is 0 Å². The monoisotopic (exact) mass is 470 g/mol. The van der Waals surface area contributed by atoms with Gasteiger partial charge in [0.25, 0.3) is 0 Å². The smallest absolute Gasteiger partial charge is 0.242 e. The highest BCUT2D eigenvalue weighted by molar-refractivity contribution is 7.89. The van der Waals surface area contributed by atoms with Crippen LogP contribution in [0.3, 0.4) is 0 Å². The normalized spacial score (nSPS) is 18.2. The molecule has 3 rings (SSSR count). The third-order valence-electron chi connectivity index (χ3n) is 5.83. The maximum Gasteiger partial charge on any atom is 0.242 e. The fourth-order valence-electron chi connectivity index (χ4n) is 3.77. The van der Waals surface area contributed by atoms with Crippen LogP contribution in [0, 0.1) is 5.82 Å². The van der Waals surface area contributed by atoms with E-state index in [0.717, 1.165) is 25.2 Å². The highest BCUT2D eigenvalue weighted by Gasteiger charge is 2.26. The van der Waals surface area contributed by atoms with Crippen molar-refractivity contribution < 1.29 is 27.1 Å². The lowest BCUT2D eigenvalue weighted by Crippen LogP contribution is -2.53. The number of hydrogen-bond acceptors (Lipinski definition) is 6. The molecule has 32 heavy (non-hydrogen) atoms.